The second-order valence-corrected chi connectivity index (χ2v) is 4.65. The summed E-state index contributed by atoms with van der Waals surface area (Å²) in [6, 6.07) is 13.6. The number of nitrogens with one attached hydrogen (secondary N) is 1. The largest absolute Gasteiger partial charge is 0.508 e. The Morgan fingerprint density at radius 1 is 1.05 bits per heavy atom. The molecule has 0 saturated heterocycles. The second kappa shape index (κ2) is 7.26. The van der Waals surface area contributed by atoms with E-state index in [1.54, 1.807) is 42.5 Å². The number of nitrogens with zero attached hydrogens (tertiary/aromatic N) is 1. The molecule has 5 heteroatoms. The third-order valence-electron chi connectivity index (χ3n) is 2.58. The number of carbonyl (C=O) groups is 1. The zero-order valence-electron chi connectivity index (χ0n) is 11.0. The molecule has 0 aliphatic heterocycles. The molecule has 0 aliphatic rings. The molecule has 0 fully saturated rings. The van der Waals surface area contributed by atoms with E-state index < -0.39 is 0 Å². The van der Waals surface area contributed by atoms with Crippen LogP contribution in [0.3, 0.4) is 0 Å². The molecule has 2 aromatic carbocycles. The maximum absolute atomic E-state index is 11.5. The number of amides is 1. The summed E-state index contributed by atoms with van der Waals surface area (Å²) in [6.07, 6.45) is 4.55. The van der Waals surface area contributed by atoms with E-state index in [-0.39, 0.29) is 11.7 Å². The minimum absolute atomic E-state index is 0.182. The molecule has 0 bridgehead atoms. The van der Waals surface area contributed by atoms with E-state index in [1.807, 2.05) is 12.1 Å². The molecule has 2 N–H and O–H groups in total. The Hall–Kier alpha value is -2.59. The van der Waals surface area contributed by atoms with Gasteiger partial charge in [0.25, 0.3) is 5.91 Å². The van der Waals surface area contributed by atoms with Gasteiger partial charge >= 0.3 is 0 Å². The molecule has 0 aromatic heterocycles. The third-order valence-corrected chi connectivity index (χ3v) is 2.83. The maximum atomic E-state index is 11.5. The van der Waals surface area contributed by atoms with Crippen LogP contribution in [-0.2, 0) is 4.79 Å². The molecule has 4 nitrogen and oxygen atoms in total. The van der Waals surface area contributed by atoms with Crippen LogP contribution >= 0.6 is 11.6 Å². The molecule has 0 heterocycles. The van der Waals surface area contributed by atoms with Crippen molar-refractivity contribution in [2.45, 2.75) is 0 Å². The summed E-state index contributed by atoms with van der Waals surface area (Å²) < 4.78 is 0. The Bertz CT molecular complexity index is 662. The van der Waals surface area contributed by atoms with E-state index in [1.165, 1.54) is 12.3 Å². The summed E-state index contributed by atoms with van der Waals surface area (Å²) in [5.41, 5.74) is 4.03. The number of phenolic OH excluding ortho intramolecular Hbond substituents is 1. The number of benzene rings is 2. The monoisotopic (exact) mass is 300 g/mol. The van der Waals surface area contributed by atoms with Crippen LogP contribution in [-0.4, -0.2) is 17.2 Å². The number of hydrogen-bond donors (Lipinski definition) is 2. The first-order valence-corrected chi connectivity index (χ1v) is 6.57. The van der Waals surface area contributed by atoms with Crippen LogP contribution in [0.1, 0.15) is 11.1 Å². The molecule has 0 unspecified atom stereocenters. The SMILES string of the molecule is O=C(/C=C/c1ccc(Cl)cc1)N/N=C/c1ccc(O)cc1. The summed E-state index contributed by atoms with van der Waals surface area (Å²) in [4.78, 5) is 11.5. The molecule has 2 aromatic rings. The van der Waals surface area contributed by atoms with Crippen molar-refractivity contribution in [1.29, 1.82) is 0 Å². The highest BCUT2D eigenvalue weighted by molar-refractivity contribution is 6.30. The number of phenols is 1. The number of halogens is 1. The summed E-state index contributed by atoms with van der Waals surface area (Å²) in [5.74, 6) is -0.151. The second-order valence-electron chi connectivity index (χ2n) is 4.21. The highest BCUT2D eigenvalue weighted by Gasteiger charge is 1.93. The van der Waals surface area contributed by atoms with Crippen LogP contribution in [0.2, 0.25) is 5.02 Å². The minimum atomic E-state index is -0.333. The van der Waals surface area contributed by atoms with Crippen molar-refractivity contribution < 1.29 is 9.90 Å². The van der Waals surface area contributed by atoms with Gasteiger partial charge in [-0.1, -0.05) is 23.7 Å². The molecule has 106 valence electrons. The molecule has 21 heavy (non-hydrogen) atoms. The summed E-state index contributed by atoms with van der Waals surface area (Å²) in [7, 11) is 0. The van der Waals surface area contributed by atoms with Gasteiger partial charge in [-0.2, -0.15) is 5.10 Å². The van der Waals surface area contributed by atoms with Gasteiger partial charge in [-0.15, -0.1) is 0 Å². The smallest absolute Gasteiger partial charge is 0.264 e. The topological polar surface area (TPSA) is 61.7 Å². The zero-order chi connectivity index (χ0) is 15.1. The molecular weight excluding hydrogens is 288 g/mol. The van der Waals surface area contributed by atoms with Crippen molar-refractivity contribution in [2.24, 2.45) is 5.10 Å². The Morgan fingerprint density at radius 3 is 2.33 bits per heavy atom. The lowest BCUT2D eigenvalue weighted by Crippen LogP contribution is -2.14. The van der Waals surface area contributed by atoms with E-state index in [0.29, 0.717) is 5.02 Å². The van der Waals surface area contributed by atoms with E-state index in [4.69, 9.17) is 16.7 Å². The standard InChI is InChI=1S/C16H13ClN2O2/c17-14-6-1-12(2-7-14)5-10-16(21)19-18-11-13-3-8-15(20)9-4-13/h1-11,20H,(H,19,21)/b10-5+,18-11+. The van der Waals surface area contributed by atoms with Crippen molar-refractivity contribution >= 4 is 29.8 Å². The van der Waals surface area contributed by atoms with Gasteiger partial charge in [0.1, 0.15) is 5.75 Å². The first-order chi connectivity index (χ1) is 10.1. The lowest BCUT2D eigenvalue weighted by molar-refractivity contribution is -0.116. The predicted molar refractivity (Wildman–Crippen MR) is 84.3 cm³/mol. The Labute approximate surface area is 127 Å². The molecule has 0 spiro atoms. The van der Waals surface area contributed by atoms with Crippen LogP contribution in [0.25, 0.3) is 6.08 Å². The number of carbonyl (C=O) groups excluding carboxylic acids is 1. The first-order valence-electron chi connectivity index (χ1n) is 6.19. The zero-order valence-corrected chi connectivity index (χ0v) is 11.8. The van der Waals surface area contributed by atoms with Crippen molar-refractivity contribution in [1.82, 2.24) is 5.43 Å². The van der Waals surface area contributed by atoms with Crippen molar-refractivity contribution in [3.8, 4) is 5.75 Å². The van der Waals surface area contributed by atoms with Gasteiger partial charge in [-0.05, 0) is 53.6 Å². The van der Waals surface area contributed by atoms with Crippen molar-refractivity contribution in [3.05, 3.63) is 70.8 Å². The number of hydrazone groups is 1. The fourth-order valence-corrected chi connectivity index (χ4v) is 1.64. The Morgan fingerprint density at radius 2 is 1.67 bits per heavy atom. The normalized spacial score (nSPS) is 11.1. The third kappa shape index (κ3) is 5.12. The lowest BCUT2D eigenvalue weighted by Gasteiger charge is -1.96. The Balaban J connectivity index is 1.87. The molecule has 2 rings (SSSR count). The maximum Gasteiger partial charge on any atom is 0.264 e. The van der Waals surface area contributed by atoms with E-state index in [0.717, 1.165) is 11.1 Å². The molecular formula is C16H13ClN2O2. The average Bonchev–Trinajstić information content (AvgIpc) is 2.49. The molecule has 0 saturated carbocycles. The molecule has 0 atom stereocenters. The average molecular weight is 301 g/mol. The van der Waals surface area contributed by atoms with Crippen LogP contribution in [0.4, 0.5) is 0 Å². The van der Waals surface area contributed by atoms with E-state index >= 15 is 0 Å². The molecule has 0 aliphatic carbocycles. The first kappa shape index (κ1) is 14.8. The van der Waals surface area contributed by atoms with Crippen LogP contribution in [0.5, 0.6) is 5.75 Å². The van der Waals surface area contributed by atoms with Crippen molar-refractivity contribution in [2.75, 3.05) is 0 Å². The molecule has 1 amide bonds. The van der Waals surface area contributed by atoms with E-state index in [9.17, 15) is 4.79 Å². The predicted octanol–water partition coefficient (Wildman–Crippen LogP) is 3.21. The number of aromatic hydroxyl groups is 1. The quantitative estimate of drug-likeness (QED) is 0.517. The Kier molecular flexibility index (Phi) is 5.12. The van der Waals surface area contributed by atoms with Gasteiger partial charge in [0.2, 0.25) is 0 Å². The fourth-order valence-electron chi connectivity index (χ4n) is 1.51. The van der Waals surface area contributed by atoms with Crippen LogP contribution < -0.4 is 5.43 Å². The van der Waals surface area contributed by atoms with Gasteiger partial charge in [0, 0.05) is 11.1 Å². The van der Waals surface area contributed by atoms with Gasteiger partial charge in [0.05, 0.1) is 6.21 Å². The van der Waals surface area contributed by atoms with Gasteiger partial charge < -0.3 is 5.11 Å². The van der Waals surface area contributed by atoms with Gasteiger partial charge in [0.15, 0.2) is 0 Å². The summed E-state index contributed by atoms with van der Waals surface area (Å²) in [5, 5.41) is 13.6. The van der Waals surface area contributed by atoms with Gasteiger partial charge in [-0.25, -0.2) is 5.43 Å². The van der Waals surface area contributed by atoms with Crippen LogP contribution in [0.15, 0.2) is 59.7 Å². The summed E-state index contributed by atoms with van der Waals surface area (Å²) in [6.45, 7) is 0. The lowest BCUT2D eigenvalue weighted by atomic mass is 10.2. The van der Waals surface area contributed by atoms with Crippen molar-refractivity contribution in [3.63, 3.8) is 0 Å². The fraction of sp³-hybridized carbons (Fsp3) is 0. The summed E-state index contributed by atoms with van der Waals surface area (Å²) >= 11 is 5.77. The van der Waals surface area contributed by atoms with Crippen LogP contribution in [0, 0.1) is 0 Å². The van der Waals surface area contributed by atoms with E-state index in [2.05, 4.69) is 10.5 Å². The number of hydrogen-bond acceptors (Lipinski definition) is 3. The molecule has 0 radical (unpaired) electrons. The highest BCUT2D eigenvalue weighted by Crippen LogP contribution is 2.10. The highest BCUT2D eigenvalue weighted by atomic mass is 35.5. The van der Waals surface area contributed by atoms with Gasteiger partial charge in [-0.3, -0.25) is 4.79 Å². The minimum Gasteiger partial charge on any atom is -0.508 e. The number of rotatable bonds is 4.